The van der Waals surface area contributed by atoms with Crippen LogP contribution in [0.15, 0.2) is 29.1 Å². The van der Waals surface area contributed by atoms with Gasteiger partial charge in [0.1, 0.15) is 17.9 Å². The van der Waals surface area contributed by atoms with Crippen molar-refractivity contribution in [1.29, 1.82) is 0 Å². The summed E-state index contributed by atoms with van der Waals surface area (Å²) < 4.78 is 7.80. The molecular formula is C13H11BrIN3O. The summed E-state index contributed by atoms with van der Waals surface area (Å²) in [5.41, 5.74) is 2.42. The third kappa shape index (κ3) is 2.84. The molecule has 0 aliphatic carbocycles. The second kappa shape index (κ2) is 5.62. The molecule has 0 radical (unpaired) electrons. The fraction of sp³-hybridized carbons (Fsp3) is 0.231. The van der Waals surface area contributed by atoms with Crippen molar-refractivity contribution in [2.24, 2.45) is 0 Å². The lowest BCUT2D eigenvalue weighted by Crippen LogP contribution is -2.05. The average Bonchev–Trinajstić information content (AvgIpc) is 2.85. The molecule has 0 spiro atoms. The number of fused-ring (bicyclic) bond motifs is 1. The second-order valence-corrected chi connectivity index (χ2v) is 6.30. The van der Waals surface area contributed by atoms with Crippen LogP contribution in [-0.2, 0) is 13.0 Å². The van der Waals surface area contributed by atoms with E-state index >= 15 is 0 Å². The van der Waals surface area contributed by atoms with E-state index in [4.69, 9.17) is 4.74 Å². The SMILES string of the molecule is Brc1cc2c(c(CNc3ncncc3I)c1)OCC2. The standard InChI is InChI=1S/C13H11BrIN3O/c14-10-3-8-1-2-19-12(8)9(4-10)5-17-13-11(15)6-16-7-18-13/h3-4,6-7H,1-2,5H2,(H,16,17,18). The molecule has 0 fully saturated rings. The van der Waals surface area contributed by atoms with Crippen molar-refractivity contribution in [2.45, 2.75) is 13.0 Å². The Morgan fingerprint density at radius 3 is 3.16 bits per heavy atom. The van der Waals surface area contributed by atoms with Crippen LogP contribution in [0.1, 0.15) is 11.1 Å². The highest BCUT2D eigenvalue weighted by atomic mass is 127. The molecule has 0 saturated heterocycles. The molecule has 1 aromatic carbocycles. The maximum Gasteiger partial charge on any atom is 0.143 e. The third-order valence-corrected chi connectivity index (χ3v) is 4.19. The summed E-state index contributed by atoms with van der Waals surface area (Å²) in [5.74, 6) is 1.86. The highest BCUT2D eigenvalue weighted by Crippen LogP contribution is 2.33. The van der Waals surface area contributed by atoms with Gasteiger partial charge in [0.05, 0.1) is 10.2 Å². The summed E-state index contributed by atoms with van der Waals surface area (Å²) in [6, 6.07) is 4.21. The number of hydrogen-bond donors (Lipinski definition) is 1. The van der Waals surface area contributed by atoms with Crippen molar-refractivity contribution >= 4 is 44.3 Å². The van der Waals surface area contributed by atoms with Gasteiger partial charge >= 0.3 is 0 Å². The molecule has 19 heavy (non-hydrogen) atoms. The number of hydrogen-bond acceptors (Lipinski definition) is 4. The van der Waals surface area contributed by atoms with E-state index in [0.717, 1.165) is 38.2 Å². The topological polar surface area (TPSA) is 47.0 Å². The van der Waals surface area contributed by atoms with Crippen LogP contribution in [-0.4, -0.2) is 16.6 Å². The molecule has 0 atom stereocenters. The molecule has 3 rings (SSSR count). The summed E-state index contributed by atoms with van der Waals surface area (Å²) in [6.07, 6.45) is 4.32. The Hall–Kier alpha value is -0.890. The lowest BCUT2D eigenvalue weighted by molar-refractivity contribution is 0.354. The van der Waals surface area contributed by atoms with Gasteiger partial charge in [-0.3, -0.25) is 0 Å². The Balaban J connectivity index is 1.83. The summed E-state index contributed by atoms with van der Waals surface area (Å²) in [5, 5.41) is 3.33. The number of aromatic nitrogens is 2. The Morgan fingerprint density at radius 1 is 1.42 bits per heavy atom. The summed E-state index contributed by atoms with van der Waals surface area (Å²) in [6.45, 7) is 1.46. The van der Waals surface area contributed by atoms with E-state index in [1.807, 2.05) is 0 Å². The van der Waals surface area contributed by atoms with Gasteiger partial charge < -0.3 is 10.1 Å². The zero-order valence-electron chi connectivity index (χ0n) is 9.99. The van der Waals surface area contributed by atoms with E-state index in [-0.39, 0.29) is 0 Å². The first-order valence-corrected chi connectivity index (χ1v) is 7.74. The minimum absolute atomic E-state index is 0.689. The first kappa shape index (κ1) is 13.1. The van der Waals surface area contributed by atoms with Gasteiger partial charge in [-0.2, -0.15) is 0 Å². The number of rotatable bonds is 3. The predicted molar refractivity (Wildman–Crippen MR) is 85.4 cm³/mol. The van der Waals surface area contributed by atoms with Crippen LogP contribution in [0.3, 0.4) is 0 Å². The van der Waals surface area contributed by atoms with E-state index in [9.17, 15) is 0 Å². The Kier molecular flexibility index (Phi) is 3.88. The van der Waals surface area contributed by atoms with Crippen molar-refractivity contribution in [3.63, 3.8) is 0 Å². The van der Waals surface area contributed by atoms with E-state index in [1.165, 1.54) is 5.56 Å². The molecular weight excluding hydrogens is 421 g/mol. The van der Waals surface area contributed by atoms with Crippen LogP contribution >= 0.6 is 38.5 Å². The number of nitrogens with one attached hydrogen (secondary N) is 1. The van der Waals surface area contributed by atoms with Crippen LogP contribution in [0.2, 0.25) is 0 Å². The summed E-state index contributed by atoms with van der Waals surface area (Å²) >= 11 is 5.76. The number of anilines is 1. The van der Waals surface area contributed by atoms with Crippen LogP contribution in [0.25, 0.3) is 0 Å². The van der Waals surface area contributed by atoms with Crippen molar-refractivity contribution in [3.8, 4) is 5.75 Å². The molecule has 4 nitrogen and oxygen atoms in total. The fourth-order valence-electron chi connectivity index (χ4n) is 2.10. The predicted octanol–water partition coefficient (Wildman–Crippen LogP) is 3.39. The molecule has 0 bridgehead atoms. The van der Waals surface area contributed by atoms with Gasteiger partial charge in [-0.05, 0) is 40.3 Å². The smallest absolute Gasteiger partial charge is 0.143 e. The molecule has 98 valence electrons. The van der Waals surface area contributed by atoms with Crippen molar-refractivity contribution < 1.29 is 4.74 Å². The van der Waals surface area contributed by atoms with Crippen molar-refractivity contribution in [3.05, 3.63) is 43.8 Å². The molecule has 2 aromatic rings. The highest BCUT2D eigenvalue weighted by molar-refractivity contribution is 14.1. The lowest BCUT2D eigenvalue weighted by atomic mass is 10.1. The first-order chi connectivity index (χ1) is 9.24. The molecule has 6 heteroatoms. The van der Waals surface area contributed by atoms with Crippen LogP contribution in [0, 0.1) is 3.57 Å². The highest BCUT2D eigenvalue weighted by Gasteiger charge is 2.17. The Labute approximate surface area is 133 Å². The fourth-order valence-corrected chi connectivity index (χ4v) is 3.14. The van der Waals surface area contributed by atoms with Gasteiger partial charge in [-0.1, -0.05) is 15.9 Å². The molecule has 1 aliphatic rings. The van der Waals surface area contributed by atoms with Crippen molar-refractivity contribution in [1.82, 2.24) is 9.97 Å². The Bertz CT molecular complexity index is 621. The molecule has 1 aromatic heterocycles. The molecule has 0 unspecified atom stereocenters. The maximum atomic E-state index is 5.71. The molecule has 0 saturated carbocycles. The maximum absolute atomic E-state index is 5.71. The van der Waals surface area contributed by atoms with Crippen molar-refractivity contribution in [2.75, 3.05) is 11.9 Å². The first-order valence-electron chi connectivity index (χ1n) is 5.87. The largest absolute Gasteiger partial charge is 0.493 e. The molecule has 1 aliphatic heterocycles. The monoisotopic (exact) mass is 431 g/mol. The van der Waals surface area contributed by atoms with Gasteiger partial charge in [0.15, 0.2) is 0 Å². The second-order valence-electron chi connectivity index (χ2n) is 4.22. The normalized spacial score (nSPS) is 12.9. The van der Waals surface area contributed by atoms with E-state index < -0.39 is 0 Å². The number of ether oxygens (including phenoxy) is 1. The minimum Gasteiger partial charge on any atom is -0.493 e. The Morgan fingerprint density at radius 2 is 2.32 bits per heavy atom. The van der Waals surface area contributed by atoms with Gasteiger partial charge in [0.25, 0.3) is 0 Å². The molecule has 0 amide bonds. The average molecular weight is 432 g/mol. The quantitative estimate of drug-likeness (QED) is 0.756. The van der Waals surface area contributed by atoms with Crippen LogP contribution < -0.4 is 10.1 Å². The minimum atomic E-state index is 0.689. The number of nitrogens with zero attached hydrogens (tertiary/aromatic N) is 2. The third-order valence-electron chi connectivity index (χ3n) is 2.94. The van der Waals surface area contributed by atoms with E-state index in [0.29, 0.717) is 6.54 Å². The molecule has 1 N–H and O–H groups in total. The van der Waals surface area contributed by atoms with Crippen LogP contribution in [0.4, 0.5) is 5.82 Å². The van der Waals surface area contributed by atoms with E-state index in [1.54, 1.807) is 12.5 Å². The number of halogens is 2. The zero-order valence-corrected chi connectivity index (χ0v) is 13.7. The van der Waals surface area contributed by atoms with Gasteiger partial charge in [-0.25, -0.2) is 9.97 Å². The van der Waals surface area contributed by atoms with Gasteiger partial charge in [0.2, 0.25) is 0 Å². The summed E-state index contributed by atoms with van der Waals surface area (Å²) in [7, 11) is 0. The van der Waals surface area contributed by atoms with Crippen LogP contribution in [0.5, 0.6) is 5.75 Å². The lowest BCUT2D eigenvalue weighted by Gasteiger charge is -2.11. The van der Waals surface area contributed by atoms with Gasteiger partial charge in [-0.15, -0.1) is 0 Å². The van der Waals surface area contributed by atoms with E-state index in [2.05, 4.69) is 65.9 Å². The number of benzene rings is 1. The summed E-state index contributed by atoms with van der Waals surface area (Å²) in [4.78, 5) is 8.21. The zero-order chi connectivity index (χ0) is 13.2. The molecule has 2 heterocycles. The van der Waals surface area contributed by atoms with Gasteiger partial charge in [0, 0.05) is 29.2 Å².